The molecular formula is C15H12F3N3O4S. The number of halogens is 3. The number of anilines is 1. The Morgan fingerprint density at radius 2 is 1.85 bits per heavy atom. The van der Waals surface area contributed by atoms with Crippen LogP contribution in [0.5, 0.6) is 11.5 Å². The first-order chi connectivity index (χ1) is 12.2. The third-order valence-corrected chi connectivity index (χ3v) is 3.65. The number of carbonyl (C=O) groups is 1. The molecule has 0 atom stereocenters. The quantitative estimate of drug-likeness (QED) is 0.439. The van der Waals surface area contributed by atoms with E-state index in [9.17, 15) is 28.1 Å². The van der Waals surface area contributed by atoms with Gasteiger partial charge < -0.3 is 15.4 Å². The molecule has 138 valence electrons. The number of benzene rings is 2. The van der Waals surface area contributed by atoms with Crippen LogP contribution in [0.15, 0.2) is 47.4 Å². The number of alkyl halides is 3. The van der Waals surface area contributed by atoms with Crippen LogP contribution in [0.3, 0.4) is 0 Å². The molecule has 0 aliphatic carbocycles. The highest BCUT2D eigenvalue weighted by molar-refractivity contribution is 8.00. The second kappa shape index (κ2) is 7.95. The van der Waals surface area contributed by atoms with Gasteiger partial charge in [-0.1, -0.05) is 0 Å². The minimum Gasteiger partial charge on any atom is -0.450 e. The number of amides is 2. The lowest BCUT2D eigenvalue weighted by atomic mass is 10.2. The van der Waals surface area contributed by atoms with E-state index >= 15 is 0 Å². The first-order valence-corrected chi connectivity index (χ1v) is 7.80. The summed E-state index contributed by atoms with van der Waals surface area (Å²) in [6.07, 6.45) is 0. The zero-order valence-corrected chi connectivity index (χ0v) is 14.0. The van der Waals surface area contributed by atoms with Crippen molar-refractivity contribution in [1.29, 1.82) is 0 Å². The van der Waals surface area contributed by atoms with Gasteiger partial charge in [0.25, 0.3) is 0 Å². The van der Waals surface area contributed by atoms with Gasteiger partial charge in [0.1, 0.15) is 5.75 Å². The van der Waals surface area contributed by atoms with Crippen LogP contribution in [0.25, 0.3) is 0 Å². The fraction of sp³-hybridized carbons (Fsp3) is 0.133. The fourth-order valence-corrected chi connectivity index (χ4v) is 2.42. The second-order valence-electron chi connectivity index (χ2n) is 4.77. The molecule has 2 amide bonds. The van der Waals surface area contributed by atoms with Crippen molar-refractivity contribution >= 4 is 29.2 Å². The van der Waals surface area contributed by atoms with E-state index in [1.807, 2.05) is 0 Å². The van der Waals surface area contributed by atoms with Crippen molar-refractivity contribution in [3.05, 3.63) is 52.6 Å². The van der Waals surface area contributed by atoms with Gasteiger partial charge in [0.15, 0.2) is 0 Å². The van der Waals surface area contributed by atoms with Crippen LogP contribution in [0.1, 0.15) is 0 Å². The summed E-state index contributed by atoms with van der Waals surface area (Å²) < 4.78 is 42.6. The van der Waals surface area contributed by atoms with Crippen molar-refractivity contribution in [3.8, 4) is 11.5 Å². The molecule has 7 nitrogen and oxygen atoms in total. The Bertz CT molecular complexity index is 813. The highest BCUT2D eigenvalue weighted by atomic mass is 32.2. The predicted octanol–water partition coefficient (Wildman–Crippen LogP) is 4.75. The molecule has 0 aliphatic rings. The number of ether oxygens (including phenoxy) is 1. The highest BCUT2D eigenvalue weighted by Gasteiger charge is 2.30. The fourth-order valence-electron chi connectivity index (χ4n) is 1.85. The highest BCUT2D eigenvalue weighted by Crippen LogP contribution is 2.41. The lowest BCUT2D eigenvalue weighted by Crippen LogP contribution is -2.24. The van der Waals surface area contributed by atoms with Crippen LogP contribution in [0.2, 0.25) is 0 Å². The van der Waals surface area contributed by atoms with Crippen LogP contribution in [-0.4, -0.2) is 23.5 Å². The smallest absolute Gasteiger partial charge is 0.446 e. The van der Waals surface area contributed by atoms with Crippen LogP contribution in [0.4, 0.5) is 29.3 Å². The van der Waals surface area contributed by atoms with Gasteiger partial charge in [-0.3, -0.25) is 10.1 Å². The van der Waals surface area contributed by atoms with E-state index < -0.39 is 33.9 Å². The maximum Gasteiger partial charge on any atom is 0.446 e. The van der Waals surface area contributed by atoms with Crippen molar-refractivity contribution < 1.29 is 27.6 Å². The number of nitro benzene ring substituents is 1. The monoisotopic (exact) mass is 387 g/mol. The van der Waals surface area contributed by atoms with E-state index in [1.54, 1.807) is 0 Å². The Morgan fingerprint density at radius 1 is 1.19 bits per heavy atom. The minimum absolute atomic E-state index is 0.200. The molecular weight excluding hydrogens is 375 g/mol. The summed E-state index contributed by atoms with van der Waals surface area (Å²) in [6, 6.07) is 8.47. The number of hydrogen-bond donors (Lipinski definition) is 2. The maximum absolute atomic E-state index is 12.4. The number of hydrogen-bond acceptors (Lipinski definition) is 5. The van der Waals surface area contributed by atoms with Crippen molar-refractivity contribution in [3.63, 3.8) is 0 Å². The van der Waals surface area contributed by atoms with E-state index in [0.717, 1.165) is 18.2 Å². The number of thioether (sulfide) groups is 1. The number of nitrogens with zero attached hydrogens (tertiary/aromatic N) is 1. The molecule has 2 rings (SSSR count). The Labute approximate surface area is 149 Å². The molecule has 0 aliphatic heterocycles. The topological polar surface area (TPSA) is 93.5 Å². The molecule has 26 heavy (non-hydrogen) atoms. The summed E-state index contributed by atoms with van der Waals surface area (Å²) in [4.78, 5) is 21.2. The Hall–Kier alpha value is -2.95. The number of carbonyl (C=O) groups excluding carboxylic acids is 1. The lowest BCUT2D eigenvalue weighted by Gasteiger charge is -2.10. The molecule has 0 saturated carbocycles. The number of urea groups is 1. The third kappa shape index (κ3) is 5.55. The number of nitro groups is 1. The van der Waals surface area contributed by atoms with Gasteiger partial charge in [0.05, 0.1) is 4.92 Å². The zero-order valence-electron chi connectivity index (χ0n) is 13.2. The molecule has 0 bridgehead atoms. The minimum atomic E-state index is -4.55. The SMILES string of the molecule is CNC(=O)Nc1ccc(Oc2ccc(SC(F)(F)F)cc2[N+](=O)[O-])cc1. The van der Waals surface area contributed by atoms with Crippen molar-refractivity contribution in [1.82, 2.24) is 5.32 Å². The van der Waals surface area contributed by atoms with Gasteiger partial charge in [-0.15, -0.1) is 0 Å². The van der Waals surface area contributed by atoms with Gasteiger partial charge in [-0.25, -0.2) is 4.79 Å². The van der Waals surface area contributed by atoms with Crippen molar-refractivity contribution in [2.45, 2.75) is 10.4 Å². The average molecular weight is 387 g/mol. The third-order valence-electron chi connectivity index (χ3n) is 2.93. The van der Waals surface area contributed by atoms with Crippen molar-refractivity contribution in [2.75, 3.05) is 12.4 Å². The Morgan fingerprint density at radius 3 is 2.38 bits per heavy atom. The second-order valence-corrected chi connectivity index (χ2v) is 5.90. The first-order valence-electron chi connectivity index (χ1n) is 6.99. The largest absolute Gasteiger partial charge is 0.450 e. The zero-order chi connectivity index (χ0) is 19.3. The van der Waals surface area contributed by atoms with Gasteiger partial charge in [0, 0.05) is 23.7 Å². The predicted molar refractivity (Wildman–Crippen MR) is 89.6 cm³/mol. The summed E-state index contributed by atoms with van der Waals surface area (Å²) in [5.41, 5.74) is -4.68. The number of rotatable bonds is 5. The maximum atomic E-state index is 12.4. The van der Waals surface area contributed by atoms with E-state index in [0.29, 0.717) is 5.69 Å². The Kier molecular flexibility index (Phi) is 5.93. The standard InChI is InChI=1S/C15H12F3N3O4S/c1-19-14(22)20-9-2-4-10(5-3-9)25-13-7-6-11(26-15(16,17)18)8-12(13)21(23)24/h2-8H,1H3,(H2,19,20,22). The Balaban J connectivity index is 2.20. The molecule has 0 heterocycles. The molecule has 2 N–H and O–H groups in total. The van der Waals surface area contributed by atoms with Crippen LogP contribution in [0, 0.1) is 10.1 Å². The van der Waals surface area contributed by atoms with E-state index in [4.69, 9.17) is 4.74 Å². The normalized spacial score (nSPS) is 10.9. The van der Waals surface area contributed by atoms with Crippen LogP contribution < -0.4 is 15.4 Å². The van der Waals surface area contributed by atoms with Gasteiger partial charge >= 0.3 is 17.2 Å². The summed E-state index contributed by atoms with van der Waals surface area (Å²) in [5.74, 6) is 0.0142. The first kappa shape index (κ1) is 19.4. The molecule has 0 radical (unpaired) electrons. The summed E-state index contributed by atoms with van der Waals surface area (Å²) in [5, 5.41) is 16.0. The van der Waals surface area contributed by atoms with Crippen molar-refractivity contribution in [2.24, 2.45) is 0 Å². The summed E-state index contributed by atoms with van der Waals surface area (Å²) in [6.45, 7) is 0. The summed E-state index contributed by atoms with van der Waals surface area (Å²) >= 11 is -0.449. The molecule has 0 spiro atoms. The molecule has 11 heteroatoms. The van der Waals surface area contributed by atoms with E-state index in [1.165, 1.54) is 31.3 Å². The molecule has 2 aromatic carbocycles. The van der Waals surface area contributed by atoms with Crippen LogP contribution in [-0.2, 0) is 0 Å². The van der Waals surface area contributed by atoms with Gasteiger partial charge in [0.2, 0.25) is 5.75 Å². The van der Waals surface area contributed by atoms with E-state index in [-0.39, 0.29) is 16.4 Å². The van der Waals surface area contributed by atoms with Gasteiger partial charge in [-0.05, 0) is 48.2 Å². The molecule has 0 saturated heterocycles. The molecule has 0 fully saturated rings. The van der Waals surface area contributed by atoms with E-state index in [2.05, 4.69) is 10.6 Å². The molecule has 0 unspecified atom stereocenters. The van der Waals surface area contributed by atoms with Crippen LogP contribution >= 0.6 is 11.8 Å². The average Bonchev–Trinajstić information content (AvgIpc) is 2.56. The number of nitrogens with one attached hydrogen (secondary N) is 2. The molecule has 0 aromatic heterocycles. The lowest BCUT2D eigenvalue weighted by molar-refractivity contribution is -0.385. The van der Waals surface area contributed by atoms with Gasteiger partial charge in [-0.2, -0.15) is 13.2 Å². The summed E-state index contributed by atoms with van der Waals surface area (Å²) in [7, 11) is 1.45. The molecule has 2 aromatic rings.